The Morgan fingerprint density at radius 2 is 1.82 bits per heavy atom. The SMILES string of the molecule is [2H]C([2H])(c1ccc(B2OC(C)(C)C(C)(C)O2)c(COCC)c1)N1C(=O)C2(CCCC2)N=C1CCCC. The summed E-state index contributed by atoms with van der Waals surface area (Å²) in [7, 11) is -0.581. The van der Waals surface area contributed by atoms with E-state index in [-0.39, 0.29) is 5.91 Å². The van der Waals surface area contributed by atoms with Gasteiger partial charge in [-0.1, -0.05) is 44.4 Å². The summed E-state index contributed by atoms with van der Waals surface area (Å²) in [5, 5.41) is 0. The van der Waals surface area contributed by atoms with Gasteiger partial charge in [0, 0.05) is 13.0 Å². The summed E-state index contributed by atoms with van der Waals surface area (Å²) in [5.74, 6) is 0.382. The number of hydrogen-bond acceptors (Lipinski definition) is 5. The summed E-state index contributed by atoms with van der Waals surface area (Å²) in [6, 6.07) is 5.42. The summed E-state index contributed by atoms with van der Waals surface area (Å²) < 4.78 is 36.7. The van der Waals surface area contributed by atoms with Crippen LogP contribution in [0.15, 0.2) is 23.2 Å². The maximum absolute atomic E-state index is 13.7. The van der Waals surface area contributed by atoms with E-state index in [2.05, 4.69) is 6.92 Å². The van der Waals surface area contributed by atoms with Crippen LogP contribution in [0.1, 0.15) is 100 Å². The zero-order valence-corrected chi connectivity index (χ0v) is 21.7. The Morgan fingerprint density at radius 1 is 1.15 bits per heavy atom. The zero-order chi connectivity index (χ0) is 26.4. The highest BCUT2D eigenvalue weighted by Crippen LogP contribution is 2.40. The maximum Gasteiger partial charge on any atom is 0.495 e. The van der Waals surface area contributed by atoms with E-state index in [1.807, 2.05) is 40.7 Å². The first kappa shape index (κ1) is 22.7. The number of carbonyl (C=O) groups is 1. The Labute approximate surface area is 208 Å². The monoisotopic (exact) mass is 470 g/mol. The molecule has 2 aliphatic heterocycles. The highest BCUT2D eigenvalue weighted by atomic mass is 16.7. The van der Waals surface area contributed by atoms with E-state index in [4.69, 9.17) is 19.0 Å². The van der Waals surface area contributed by atoms with Crippen molar-refractivity contribution in [3.8, 4) is 0 Å². The fraction of sp³-hybridized carbons (Fsp3) is 0.704. The van der Waals surface area contributed by atoms with Crippen molar-refractivity contribution >= 4 is 24.3 Å². The first-order valence-corrected chi connectivity index (χ1v) is 12.9. The normalized spacial score (nSPS) is 24.1. The molecule has 1 saturated heterocycles. The molecular formula is C27H41BN2O4. The number of amidine groups is 1. The number of aliphatic imine (C=N–C) groups is 1. The van der Waals surface area contributed by atoms with Gasteiger partial charge in [0.05, 0.1) is 27.0 Å². The molecule has 7 heteroatoms. The van der Waals surface area contributed by atoms with Crippen LogP contribution in [-0.2, 0) is 31.9 Å². The lowest BCUT2D eigenvalue weighted by Gasteiger charge is -2.32. The van der Waals surface area contributed by atoms with E-state index in [9.17, 15) is 7.54 Å². The first-order valence-electron chi connectivity index (χ1n) is 13.9. The van der Waals surface area contributed by atoms with Gasteiger partial charge in [0.15, 0.2) is 0 Å². The van der Waals surface area contributed by atoms with Gasteiger partial charge in [-0.2, -0.15) is 0 Å². The average Bonchev–Trinajstić information content (AvgIpc) is 3.46. The molecule has 1 aliphatic carbocycles. The van der Waals surface area contributed by atoms with E-state index in [1.165, 1.54) is 4.90 Å². The molecule has 1 amide bonds. The number of rotatable bonds is 9. The molecule has 34 heavy (non-hydrogen) atoms. The molecular weight excluding hydrogens is 427 g/mol. The number of nitrogens with zero attached hydrogens (tertiary/aromatic N) is 2. The van der Waals surface area contributed by atoms with E-state index in [0.29, 0.717) is 43.9 Å². The minimum absolute atomic E-state index is 0.197. The fourth-order valence-corrected chi connectivity index (χ4v) is 4.92. The maximum atomic E-state index is 13.7. The molecule has 0 atom stereocenters. The number of amides is 1. The molecule has 0 radical (unpaired) electrons. The van der Waals surface area contributed by atoms with Crippen molar-refractivity contribution in [2.24, 2.45) is 4.99 Å². The first-order chi connectivity index (χ1) is 16.9. The number of hydrogen-bond donors (Lipinski definition) is 0. The van der Waals surface area contributed by atoms with Gasteiger partial charge in [-0.25, -0.2) is 0 Å². The van der Waals surface area contributed by atoms with Crippen LogP contribution in [0, 0.1) is 0 Å². The van der Waals surface area contributed by atoms with Crippen LogP contribution in [0.3, 0.4) is 0 Å². The molecule has 3 aliphatic rings. The molecule has 0 aromatic heterocycles. The van der Waals surface area contributed by atoms with Gasteiger partial charge in [-0.3, -0.25) is 14.7 Å². The van der Waals surface area contributed by atoms with Gasteiger partial charge in [0.1, 0.15) is 11.4 Å². The highest BCUT2D eigenvalue weighted by molar-refractivity contribution is 6.62. The topological polar surface area (TPSA) is 60.4 Å². The van der Waals surface area contributed by atoms with Gasteiger partial charge in [0.25, 0.3) is 5.91 Å². The standard InChI is InChI=1S/C27H41BN2O4/c1-7-9-12-23-29-27(15-10-11-16-27)24(31)30(23)18-20-13-14-22(21(17-20)19-32-8-2)28-33-25(3,4)26(5,6)34-28/h13-14,17H,7-12,15-16,18-19H2,1-6H3/i18D2. The fourth-order valence-electron chi connectivity index (χ4n) is 4.92. The number of benzene rings is 1. The molecule has 2 heterocycles. The molecule has 1 spiro atoms. The van der Waals surface area contributed by atoms with Crippen molar-refractivity contribution in [1.29, 1.82) is 0 Å². The second-order valence-electron chi connectivity index (χ2n) is 10.8. The van der Waals surface area contributed by atoms with Crippen LogP contribution in [0.4, 0.5) is 0 Å². The number of carbonyl (C=O) groups excluding carboxylic acids is 1. The number of unbranched alkanes of at least 4 members (excludes halogenated alkanes) is 1. The van der Waals surface area contributed by atoms with Crippen LogP contribution < -0.4 is 5.46 Å². The van der Waals surface area contributed by atoms with E-state index < -0.39 is 30.4 Å². The lowest BCUT2D eigenvalue weighted by molar-refractivity contribution is -0.131. The second kappa shape index (κ2) is 9.75. The lowest BCUT2D eigenvalue weighted by Crippen LogP contribution is -2.41. The van der Waals surface area contributed by atoms with Crippen molar-refractivity contribution in [2.75, 3.05) is 6.61 Å². The molecule has 0 unspecified atom stereocenters. The molecule has 1 saturated carbocycles. The van der Waals surface area contributed by atoms with Crippen LogP contribution in [-0.4, -0.2) is 47.1 Å². The van der Waals surface area contributed by atoms with E-state index in [1.54, 1.807) is 12.1 Å². The molecule has 4 rings (SSSR count). The Kier molecular flexibility index (Phi) is 6.52. The molecule has 186 valence electrons. The highest BCUT2D eigenvalue weighted by Gasteiger charge is 2.52. The van der Waals surface area contributed by atoms with E-state index in [0.717, 1.165) is 36.7 Å². The molecule has 0 bridgehead atoms. The second-order valence-corrected chi connectivity index (χ2v) is 10.8. The molecule has 6 nitrogen and oxygen atoms in total. The van der Waals surface area contributed by atoms with E-state index >= 15 is 0 Å². The van der Waals surface area contributed by atoms with Gasteiger partial charge in [-0.15, -0.1) is 0 Å². The quantitative estimate of drug-likeness (QED) is 0.488. The summed E-state index contributed by atoms with van der Waals surface area (Å²) in [5.41, 5.74) is 0.261. The summed E-state index contributed by atoms with van der Waals surface area (Å²) in [6.45, 7) is 10.9. The number of ether oxygens (including phenoxy) is 1. The minimum Gasteiger partial charge on any atom is -0.399 e. The minimum atomic E-state index is -2.04. The summed E-state index contributed by atoms with van der Waals surface area (Å²) in [4.78, 5) is 19.9. The molecule has 0 N–H and O–H groups in total. The van der Waals surface area contributed by atoms with Gasteiger partial charge in [0.2, 0.25) is 0 Å². The van der Waals surface area contributed by atoms with Gasteiger partial charge in [-0.05, 0) is 70.5 Å². The van der Waals surface area contributed by atoms with Crippen LogP contribution in [0.5, 0.6) is 0 Å². The van der Waals surface area contributed by atoms with Crippen molar-refractivity contribution in [3.05, 3.63) is 29.3 Å². The zero-order valence-electron chi connectivity index (χ0n) is 23.7. The smallest absolute Gasteiger partial charge is 0.399 e. The lowest BCUT2D eigenvalue weighted by atomic mass is 9.75. The molecule has 1 aromatic carbocycles. The average molecular weight is 470 g/mol. The van der Waals surface area contributed by atoms with Crippen LogP contribution in [0.25, 0.3) is 0 Å². The third-order valence-corrected chi connectivity index (χ3v) is 7.74. The molecule has 2 fully saturated rings. The van der Waals surface area contributed by atoms with Gasteiger partial charge >= 0.3 is 7.12 Å². The van der Waals surface area contributed by atoms with Crippen molar-refractivity contribution < 1.29 is 21.6 Å². The summed E-state index contributed by atoms with van der Waals surface area (Å²) in [6.07, 6.45) is 5.72. The Bertz CT molecular complexity index is 1010. The largest absolute Gasteiger partial charge is 0.495 e. The Morgan fingerprint density at radius 3 is 2.44 bits per heavy atom. The van der Waals surface area contributed by atoms with Crippen molar-refractivity contribution in [3.63, 3.8) is 0 Å². The van der Waals surface area contributed by atoms with Crippen LogP contribution >= 0.6 is 0 Å². The van der Waals surface area contributed by atoms with Crippen molar-refractivity contribution in [2.45, 2.75) is 116 Å². The summed E-state index contributed by atoms with van der Waals surface area (Å²) >= 11 is 0. The third-order valence-electron chi connectivity index (χ3n) is 7.74. The van der Waals surface area contributed by atoms with Crippen LogP contribution in [0.2, 0.25) is 0 Å². The predicted octanol–water partition coefficient (Wildman–Crippen LogP) is 4.77. The molecule has 1 aromatic rings. The predicted molar refractivity (Wildman–Crippen MR) is 136 cm³/mol. The Hall–Kier alpha value is -1.70. The van der Waals surface area contributed by atoms with Gasteiger partial charge < -0.3 is 14.0 Å². The third kappa shape index (κ3) is 4.71. The Balaban J connectivity index is 1.70. The van der Waals surface area contributed by atoms with Crippen molar-refractivity contribution in [1.82, 2.24) is 4.90 Å².